The molecule has 0 aliphatic heterocycles. The number of nitrogens with zero attached hydrogens (tertiary/aromatic N) is 2. The van der Waals surface area contributed by atoms with Crippen LogP contribution in [-0.2, 0) is 24.3 Å². The van der Waals surface area contributed by atoms with Crippen LogP contribution < -0.4 is 10.6 Å². The van der Waals surface area contributed by atoms with Crippen LogP contribution in [0.25, 0.3) is 0 Å². The van der Waals surface area contributed by atoms with Crippen LogP contribution in [0.2, 0.25) is 0 Å². The molecule has 0 spiro atoms. The van der Waals surface area contributed by atoms with Crippen molar-refractivity contribution in [3.63, 3.8) is 0 Å². The molecule has 0 amide bonds. The maximum absolute atomic E-state index is 12.8. The third kappa shape index (κ3) is 8.56. The minimum absolute atomic E-state index is 0.217. The summed E-state index contributed by atoms with van der Waals surface area (Å²) in [6.45, 7) is 1.80. The third-order valence-corrected chi connectivity index (χ3v) is 9.23. The first kappa shape index (κ1) is 26.4. The number of aryl methyl sites for hydroxylation is 1. The van der Waals surface area contributed by atoms with Gasteiger partial charge in [-0.25, -0.2) is 0 Å². The summed E-state index contributed by atoms with van der Waals surface area (Å²) in [5.41, 5.74) is 4.44. The molecule has 0 aliphatic rings. The van der Waals surface area contributed by atoms with Crippen LogP contribution in [0, 0.1) is 0 Å². The zero-order valence-corrected chi connectivity index (χ0v) is 22.3. The summed E-state index contributed by atoms with van der Waals surface area (Å²) in [7, 11) is 7.68. The van der Waals surface area contributed by atoms with Crippen LogP contribution in [0.4, 0.5) is 0 Å². The van der Waals surface area contributed by atoms with E-state index in [0.717, 1.165) is 24.1 Å². The van der Waals surface area contributed by atoms with Crippen LogP contribution in [-0.4, -0.2) is 53.7 Å². The van der Waals surface area contributed by atoms with Gasteiger partial charge in [0.2, 0.25) is 0 Å². The average Bonchev–Trinajstić information content (AvgIpc) is 2.78. The number of hydrogen-bond donors (Lipinski definition) is 1. The Morgan fingerprint density at radius 1 is 0.794 bits per heavy atom. The number of thioether (sulfide) groups is 1. The number of phenolic OH excluding ortho intramolecular Hbond substituents is 1. The van der Waals surface area contributed by atoms with E-state index < -0.39 is 7.92 Å². The fraction of sp³-hybridized carbons (Fsp3) is 0.321. The van der Waals surface area contributed by atoms with Gasteiger partial charge in [0.15, 0.2) is 5.12 Å². The highest BCUT2D eigenvalue weighted by Crippen LogP contribution is 2.38. The summed E-state index contributed by atoms with van der Waals surface area (Å²) in [5, 5.41) is 12.3. The second-order valence-electron chi connectivity index (χ2n) is 9.06. The van der Waals surface area contributed by atoms with E-state index in [1.165, 1.54) is 33.5 Å². The van der Waals surface area contributed by atoms with Crippen molar-refractivity contribution in [2.75, 3.05) is 33.7 Å². The van der Waals surface area contributed by atoms with E-state index in [0.29, 0.717) is 12.8 Å². The van der Waals surface area contributed by atoms with Crippen LogP contribution >= 0.6 is 19.7 Å². The lowest BCUT2D eigenvalue weighted by Gasteiger charge is -2.21. The molecule has 34 heavy (non-hydrogen) atoms. The average molecular weight is 495 g/mol. The summed E-state index contributed by atoms with van der Waals surface area (Å²) < 4.78 is 0. The molecule has 4 nitrogen and oxygen atoms in total. The Balaban J connectivity index is 1.76. The van der Waals surface area contributed by atoms with E-state index >= 15 is 0 Å². The van der Waals surface area contributed by atoms with Gasteiger partial charge in [0.1, 0.15) is 5.75 Å². The first-order chi connectivity index (χ1) is 16.3. The SMILES string of the molecule is CN(C)Cc1cccc(P(CSC(=O)CCc2ccc(O)cc2)c2cccc(CN(C)C)c2)c1. The summed E-state index contributed by atoms with van der Waals surface area (Å²) in [6.07, 6.45) is 1.20. The first-order valence-electron chi connectivity index (χ1n) is 11.5. The molecule has 0 saturated carbocycles. The second kappa shape index (κ2) is 13.1. The zero-order chi connectivity index (χ0) is 24.5. The molecule has 1 N–H and O–H groups in total. The monoisotopic (exact) mass is 494 g/mol. The van der Waals surface area contributed by atoms with Gasteiger partial charge in [-0.1, -0.05) is 60.3 Å². The molecule has 0 saturated heterocycles. The van der Waals surface area contributed by atoms with Crippen molar-refractivity contribution in [3.05, 3.63) is 89.5 Å². The van der Waals surface area contributed by atoms with Gasteiger partial charge in [0, 0.05) is 25.0 Å². The quantitative estimate of drug-likeness (QED) is 0.388. The van der Waals surface area contributed by atoms with Crippen LogP contribution in [0.15, 0.2) is 72.8 Å². The Hall–Kier alpha value is -2.17. The molecule has 0 radical (unpaired) electrons. The van der Waals surface area contributed by atoms with Gasteiger partial charge >= 0.3 is 0 Å². The normalized spacial score (nSPS) is 11.5. The second-order valence-corrected chi connectivity index (χ2v) is 12.7. The van der Waals surface area contributed by atoms with Gasteiger partial charge in [-0.15, -0.1) is 0 Å². The van der Waals surface area contributed by atoms with E-state index in [1.807, 2.05) is 12.1 Å². The molecule has 0 heterocycles. The van der Waals surface area contributed by atoms with E-state index in [1.54, 1.807) is 12.1 Å². The van der Waals surface area contributed by atoms with E-state index in [2.05, 4.69) is 86.5 Å². The Labute approximate surface area is 209 Å². The van der Waals surface area contributed by atoms with E-state index in [9.17, 15) is 9.90 Å². The summed E-state index contributed by atoms with van der Waals surface area (Å²) in [4.78, 5) is 17.1. The van der Waals surface area contributed by atoms with E-state index in [4.69, 9.17) is 0 Å². The predicted octanol–water partition coefficient (Wildman–Crippen LogP) is 4.80. The molecule has 6 heteroatoms. The number of phenols is 1. The van der Waals surface area contributed by atoms with Gasteiger partial charge in [-0.05, 0) is 94.1 Å². The molecule has 3 aromatic carbocycles. The van der Waals surface area contributed by atoms with Crippen molar-refractivity contribution in [1.29, 1.82) is 0 Å². The highest BCUT2D eigenvalue weighted by Gasteiger charge is 2.17. The number of aromatic hydroxyl groups is 1. The van der Waals surface area contributed by atoms with Crippen molar-refractivity contribution >= 4 is 35.4 Å². The Bertz CT molecular complexity index is 1020. The maximum Gasteiger partial charge on any atom is 0.189 e. The standard InChI is InChI=1S/C28H35N2O2PS/c1-29(2)19-23-7-5-9-26(17-23)33(27-10-6-8-24(18-27)20-30(3)4)21-34-28(32)16-13-22-11-14-25(31)15-12-22/h5-12,14-15,17-18,31H,13,16,19-21H2,1-4H3. The minimum Gasteiger partial charge on any atom is -0.508 e. The first-order valence-corrected chi connectivity index (χ1v) is 14.0. The third-order valence-electron chi connectivity index (χ3n) is 5.35. The topological polar surface area (TPSA) is 43.8 Å². The molecular formula is C28H35N2O2PS. The highest BCUT2D eigenvalue weighted by molar-refractivity contribution is 8.18. The van der Waals surface area contributed by atoms with Crippen molar-refractivity contribution < 1.29 is 9.90 Å². The van der Waals surface area contributed by atoms with E-state index in [-0.39, 0.29) is 10.9 Å². The lowest BCUT2D eigenvalue weighted by atomic mass is 10.1. The molecule has 0 unspecified atom stereocenters. The Kier molecular flexibility index (Phi) is 10.2. The molecule has 0 fully saturated rings. The predicted molar refractivity (Wildman–Crippen MR) is 148 cm³/mol. The highest BCUT2D eigenvalue weighted by atomic mass is 32.2. The molecule has 0 bridgehead atoms. The molecule has 180 valence electrons. The Morgan fingerprint density at radius 3 is 1.82 bits per heavy atom. The zero-order valence-electron chi connectivity index (χ0n) is 20.6. The van der Waals surface area contributed by atoms with Crippen LogP contribution in [0.5, 0.6) is 5.75 Å². The Morgan fingerprint density at radius 2 is 1.32 bits per heavy atom. The van der Waals surface area contributed by atoms with Gasteiger partial charge in [-0.3, -0.25) is 4.79 Å². The number of carbonyl (C=O) groups excluding carboxylic acids is 1. The minimum atomic E-state index is -0.663. The van der Waals surface area contributed by atoms with Gasteiger partial charge < -0.3 is 14.9 Å². The smallest absolute Gasteiger partial charge is 0.189 e. The van der Waals surface area contributed by atoms with Crippen molar-refractivity contribution in [3.8, 4) is 5.75 Å². The van der Waals surface area contributed by atoms with Gasteiger partial charge in [0.25, 0.3) is 0 Å². The summed E-state index contributed by atoms with van der Waals surface area (Å²) >= 11 is 1.46. The molecule has 3 rings (SSSR count). The number of rotatable bonds is 11. The fourth-order valence-electron chi connectivity index (χ4n) is 3.79. The summed E-state index contributed by atoms with van der Waals surface area (Å²) in [6, 6.07) is 24.8. The van der Waals surface area contributed by atoms with Crippen LogP contribution in [0.1, 0.15) is 23.1 Å². The largest absolute Gasteiger partial charge is 0.508 e. The number of benzene rings is 3. The molecular weight excluding hydrogens is 459 g/mol. The van der Waals surface area contributed by atoms with Gasteiger partial charge in [-0.2, -0.15) is 0 Å². The fourth-order valence-corrected chi connectivity index (χ4v) is 7.80. The molecule has 0 atom stereocenters. The number of carbonyl (C=O) groups is 1. The van der Waals surface area contributed by atoms with Crippen molar-refractivity contribution in [1.82, 2.24) is 9.80 Å². The van der Waals surface area contributed by atoms with Crippen molar-refractivity contribution in [2.45, 2.75) is 25.9 Å². The lowest BCUT2D eigenvalue weighted by molar-refractivity contribution is -0.110. The van der Waals surface area contributed by atoms with Gasteiger partial charge in [0.05, 0.1) is 0 Å². The number of hydrogen-bond acceptors (Lipinski definition) is 5. The molecule has 0 aromatic heterocycles. The van der Waals surface area contributed by atoms with Crippen molar-refractivity contribution in [2.24, 2.45) is 0 Å². The molecule has 0 aliphatic carbocycles. The van der Waals surface area contributed by atoms with Crippen LogP contribution in [0.3, 0.4) is 0 Å². The summed E-state index contributed by atoms with van der Waals surface area (Å²) in [5.74, 6) is 0.253. The lowest BCUT2D eigenvalue weighted by Crippen LogP contribution is -2.18. The molecule has 3 aromatic rings. The maximum atomic E-state index is 12.8.